The molecule has 0 saturated heterocycles. The smallest absolute Gasteiger partial charge is 0.226 e. The second-order valence-corrected chi connectivity index (χ2v) is 6.70. The van der Waals surface area contributed by atoms with Crippen molar-refractivity contribution in [3.05, 3.63) is 82.1 Å². The lowest BCUT2D eigenvalue weighted by molar-refractivity contribution is 0.612. The van der Waals surface area contributed by atoms with Gasteiger partial charge in [0.15, 0.2) is 0 Å². The monoisotopic (exact) mass is 380 g/mol. The molecule has 0 radical (unpaired) electrons. The zero-order chi connectivity index (χ0) is 16.5. The van der Waals surface area contributed by atoms with E-state index in [1.807, 2.05) is 4.68 Å². The predicted molar refractivity (Wildman–Crippen MR) is 99.7 cm³/mol. The zero-order valence-electron chi connectivity index (χ0n) is 13.3. The fourth-order valence-electron chi connectivity index (χ4n) is 2.92. The average molecular weight is 381 g/mol. The van der Waals surface area contributed by atoms with Crippen LogP contribution in [0.5, 0.6) is 0 Å². The first-order valence-electron chi connectivity index (χ1n) is 7.97. The molecule has 0 fully saturated rings. The number of rotatable bonds is 3. The summed E-state index contributed by atoms with van der Waals surface area (Å²) in [6.45, 7) is 2.17. The number of hydrogen-bond donors (Lipinski definition) is 1. The fourth-order valence-corrected chi connectivity index (χ4v) is 3.18. The van der Waals surface area contributed by atoms with Crippen LogP contribution < -0.4 is 5.32 Å². The van der Waals surface area contributed by atoms with Gasteiger partial charge in [0.25, 0.3) is 0 Å². The van der Waals surface area contributed by atoms with E-state index in [1.54, 1.807) is 6.33 Å². The molecule has 2 heterocycles. The minimum atomic E-state index is 0.0256. The quantitative estimate of drug-likeness (QED) is 0.718. The predicted octanol–water partition coefficient (Wildman–Crippen LogP) is 4.66. The van der Waals surface area contributed by atoms with Crippen LogP contribution in [-0.2, 0) is 6.42 Å². The zero-order valence-corrected chi connectivity index (χ0v) is 14.9. The molecule has 24 heavy (non-hydrogen) atoms. The van der Waals surface area contributed by atoms with Gasteiger partial charge in [-0.15, -0.1) is 0 Å². The molecule has 1 aliphatic rings. The van der Waals surface area contributed by atoms with E-state index in [4.69, 9.17) is 0 Å². The molecule has 0 spiro atoms. The van der Waals surface area contributed by atoms with Gasteiger partial charge in [-0.05, 0) is 41.3 Å². The van der Waals surface area contributed by atoms with Crippen molar-refractivity contribution in [2.75, 3.05) is 5.32 Å². The first-order chi connectivity index (χ1) is 11.7. The highest BCUT2D eigenvalue weighted by molar-refractivity contribution is 9.10. The highest BCUT2D eigenvalue weighted by Crippen LogP contribution is 2.32. The Labute approximate surface area is 149 Å². The lowest BCUT2D eigenvalue weighted by atomic mass is 10.0. The molecule has 1 aliphatic heterocycles. The van der Waals surface area contributed by atoms with E-state index < -0.39 is 0 Å². The third-order valence-corrected chi connectivity index (χ3v) is 4.82. The van der Waals surface area contributed by atoms with Gasteiger partial charge in [0.2, 0.25) is 5.95 Å². The summed E-state index contributed by atoms with van der Waals surface area (Å²) in [7, 11) is 0. The Bertz CT molecular complexity index is 878. The summed E-state index contributed by atoms with van der Waals surface area (Å²) >= 11 is 3.49. The van der Waals surface area contributed by atoms with E-state index >= 15 is 0 Å². The molecule has 5 heteroatoms. The van der Waals surface area contributed by atoms with Crippen molar-refractivity contribution >= 4 is 27.6 Å². The molecule has 0 amide bonds. The van der Waals surface area contributed by atoms with Gasteiger partial charge >= 0.3 is 0 Å². The molecule has 4 rings (SSSR count). The number of fused-ring (bicyclic) bond motifs is 1. The Hall–Kier alpha value is -2.40. The van der Waals surface area contributed by atoms with E-state index in [0.29, 0.717) is 0 Å². The molecule has 4 nitrogen and oxygen atoms in total. The highest BCUT2D eigenvalue weighted by Gasteiger charge is 2.23. The number of hydrogen-bond acceptors (Lipinski definition) is 3. The minimum absolute atomic E-state index is 0.0256. The average Bonchev–Trinajstić information content (AvgIpc) is 3.10. The van der Waals surface area contributed by atoms with Gasteiger partial charge in [-0.3, -0.25) is 0 Å². The van der Waals surface area contributed by atoms with Crippen LogP contribution in [0.3, 0.4) is 0 Å². The Kier molecular flexibility index (Phi) is 3.94. The molecule has 3 aromatic rings. The standard InChI is InChI=1S/C19H17BrN4/c1-2-13-3-5-14(6-4-13)17-11-18(15-7-9-16(20)10-8-15)24-19(23-17)21-12-22-24/h3-12,18H,2H2,1H3,(H,21,22,23). The van der Waals surface area contributed by atoms with Crippen molar-refractivity contribution in [2.45, 2.75) is 19.4 Å². The van der Waals surface area contributed by atoms with Crippen molar-refractivity contribution < 1.29 is 0 Å². The maximum Gasteiger partial charge on any atom is 0.226 e. The first-order valence-corrected chi connectivity index (χ1v) is 8.77. The van der Waals surface area contributed by atoms with Crippen molar-refractivity contribution in [1.82, 2.24) is 14.8 Å². The normalized spacial score (nSPS) is 16.2. The molecule has 1 atom stereocenters. The van der Waals surface area contributed by atoms with Crippen LogP contribution in [0.1, 0.15) is 29.7 Å². The maximum atomic E-state index is 4.38. The van der Waals surface area contributed by atoms with E-state index in [0.717, 1.165) is 28.1 Å². The van der Waals surface area contributed by atoms with E-state index in [9.17, 15) is 0 Å². The molecule has 0 saturated carbocycles. The van der Waals surface area contributed by atoms with Crippen molar-refractivity contribution in [3.8, 4) is 0 Å². The molecule has 1 N–H and O–H groups in total. The molecule has 0 bridgehead atoms. The summed E-state index contributed by atoms with van der Waals surface area (Å²) in [5.41, 5.74) is 4.73. The van der Waals surface area contributed by atoms with Gasteiger partial charge in [-0.1, -0.05) is 59.3 Å². The minimum Gasteiger partial charge on any atom is -0.324 e. The molecule has 0 aliphatic carbocycles. The van der Waals surface area contributed by atoms with Crippen molar-refractivity contribution in [2.24, 2.45) is 0 Å². The summed E-state index contributed by atoms with van der Waals surface area (Å²) in [6, 6.07) is 17.0. The third-order valence-electron chi connectivity index (χ3n) is 4.29. The van der Waals surface area contributed by atoms with Gasteiger partial charge in [-0.25, -0.2) is 4.68 Å². The van der Waals surface area contributed by atoms with E-state index in [2.05, 4.69) is 92.9 Å². The number of benzene rings is 2. The van der Waals surface area contributed by atoms with Crippen LogP contribution in [-0.4, -0.2) is 14.8 Å². The molecule has 120 valence electrons. The number of allylic oxidation sites excluding steroid dienone is 1. The Balaban J connectivity index is 1.76. The van der Waals surface area contributed by atoms with Crippen LogP contribution in [0, 0.1) is 0 Å². The fraction of sp³-hybridized carbons (Fsp3) is 0.158. The number of aromatic nitrogens is 3. The first kappa shape index (κ1) is 15.1. The number of anilines is 1. The summed E-state index contributed by atoms with van der Waals surface area (Å²) in [4.78, 5) is 4.35. The second-order valence-electron chi connectivity index (χ2n) is 5.78. The summed E-state index contributed by atoms with van der Waals surface area (Å²) in [5, 5.41) is 7.76. The lowest BCUT2D eigenvalue weighted by Gasteiger charge is -2.24. The van der Waals surface area contributed by atoms with Gasteiger partial charge in [0.05, 0.1) is 0 Å². The number of nitrogens with zero attached hydrogens (tertiary/aromatic N) is 3. The summed E-state index contributed by atoms with van der Waals surface area (Å²) < 4.78 is 2.98. The van der Waals surface area contributed by atoms with Crippen molar-refractivity contribution in [1.29, 1.82) is 0 Å². The second kappa shape index (κ2) is 6.24. The third kappa shape index (κ3) is 2.76. The van der Waals surface area contributed by atoms with Crippen LogP contribution in [0.25, 0.3) is 5.70 Å². The Morgan fingerprint density at radius 1 is 1.08 bits per heavy atom. The Morgan fingerprint density at radius 3 is 2.54 bits per heavy atom. The molecule has 2 aromatic carbocycles. The molecule has 1 unspecified atom stereocenters. The van der Waals surface area contributed by atoms with Crippen LogP contribution in [0.2, 0.25) is 0 Å². The number of nitrogens with one attached hydrogen (secondary N) is 1. The molecule has 1 aromatic heterocycles. The summed E-state index contributed by atoms with van der Waals surface area (Å²) in [6.07, 6.45) is 4.83. The van der Waals surface area contributed by atoms with Gasteiger partial charge in [0.1, 0.15) is 12.4 Å². The lowest BCUT2D eigenvalue weighted by Crippen LogP contribution is -2.20. The largest absolute Gasteiger partial charge is 0.324 e. The Morgan fingerprint density at radius 2 is 1.83 bits per heavy atom. The number of halogens is 1. The van der Waals surface area contributed by atoms with E-state index in [1.165, 1.54) is 11.1 Å². The van der Waals surface area contributed by atoms with Crippen LogP contribution >= 0.6 is 15.9 Å². The van der Waals surface area contributed by atoms with Gasteiger partial charge in [0, 0.05) is 10.2 Å². The highest BCUT2D eigenvalue weighted by atomic mass is 79.9. The number of aryl methyl sites for hydroxylation is 1. The molecular weight excluding hydrogens is 364 g/mol. The van der Waals surface area contributed by atoms with Gasteiger partial charge < -0.3 is 5.32 Å². The summed E-state index contributed by atoms with van der Waals surface area (Å²) in [5.74, 6) is 0.764. The maximum absolute atomic E-state index is 4.38. The topological polar surface area (TPSA) is 42.7 Å². The van der Waals surface area contributed by atoms with E-state index in [-0.39, 0.29) is 6.04 Å². The SMILES string of the molecule is CCc1ccc(C2=CC(c3ccc(Br)cc3)n3ncnc3N2)cc1. The van der Waals surface area contributed by atoms with Crippen molar-refractivity contribution in [3.63, 3.8) is 0 Å². The van der Waals surface area contributed by atoms with Crippen LogP contribution in [0.4, 0.5) is 5.95 Å². The van der Waals surface area contributed by atoms with Crippen LogP contribution in [0.15, 0.2) is 65.4 Å². The van der Waals surface area contributed by atoms with Gasteiger partial charge in [-0.2, -0.15) is 10.1 Å². The molecular formula is C19H17BrN4.